The second-order valence-electron chi connectivity index (χ2n) is 4.12. The van der Waals surface area contributed by atoms with Gasteiger partial charge in [0.1, 0.15) is 0 Å². The number of hydrogen-bond donors (Lipinski definition) is 1. The third-order valence-electron chi connectivity index (χ3n) is 2.97. The molecule has 5 heteroatoms. The maximum Gasteiger partial charge on any atom is 0.227 e. The SMILES string of the molecule is CN(C(=O)Cc1ccc(Cl)cc1)C1CNC1.Cl. The maximum absolute atomic E-state index is 11.9. The van der Waals surface area contributed by atoms with Crippen molar-refractivity contribution in [3.63, 3.8) is 0 Å². The Hall–Kier alpha value is -0.770. The van der Waals surface area contributed by atoms with Crippen molar-refractivity contribution in [2.75, 3.05) is 20.1 Å². The first-order valence-electron chi connectivity index (χ1n) is 5.37. The Bertz CT molecular complexity index is 377. The molecule has 2 rings (SSSR count). The average Bonchev–Trinajstić information content (AvgIpc) is 2.19. The Labute approximate surface area is 113 Å². The molecule has 0 unspecified atom stereocenters. The minimum absolute atomic E-state index is 0. The lowest BCUT2D eigenvalue weighted by Gasteiger charge is -2.35. The van der Waals surface area contributed by atoms with Crippen LogP contribution in [0, 0.1) is 0 Å². The largest absolute Gasteiger partial charge is 0.340 e. The molecule has 1 amide bonds. The highest BCUT2D eigenvalue weighted by atomic mass is 35.5. The fourth-order valence-corrected chi connectivity index (χ4v) is 1.78. The predicted octanol–water partition coefficient (Wildman–Crippen LogP) is 1.73. The minimum Gasteiger partial charge on any atom is -0.340 e. The van der Waals surface area contributed by atoms with Gasteiger partial charge in [-0.15, -0.1) is 12.4 Å². The summed E-state index contributed by atoms with van der Waals surface area (Å²) in [6, 6.07) is 7.78. The molecule has 0 radical (unpaired) electrons. The summed E-state index contributed by atoms with van der Waals surface area (Å²) in [6.45, 7) is 1.81. The van der Waals surface area contributed by atoms with Crippen LogP contribution in [0.15, 0.2) is 24.3 Å². The summed E-state index contributed by atoms with van der Waals surface area (Å²) in [5.74, 6) is 0.161. The molecule has 17 heavy (non-hydrogen) atoms. The Morgan fingerprint density at radius 1 is 1.41 bits per heavy atom. The van der Waals surface area contributed by atoms with E-state index in [4.69, 9.17) is 11.6 Å². The standard InChI is InChI=1S/C12H15ClN2O.ClH/c1-15(11-7-14-8-11)12(16)6-9-2-4-10(13)5-3-9;/h2-5,11,14H,6-8H2,1H3;1H. The van der Waals surface area contributed by atoms with Gasteiger partial charge in [-0.2, -0.15) is 0 Å². The molecule has 3 nitrogen and oxygen atoms in total. The zero-order chi connectivity index (χ0) is 11.5. The molecule has 1 aliphatic rings. The maximum atomic E-state index is 11.9. The molecule has 1 heterocycles. The molecule has 1 fully saturated rings. The summed E-state index contributed by atoms with van der Waals surface area (Å²) < 4.78 is 0. The lowest BCUT2D eigenvalue weighted by molar-refractivity contribution is -0.132. The molecular weight excluding hydrogens is 259 g/mol. The van der Waals surface area contributed by atoms with Gasteiger partial charge in [0.15, 0.2) is 0 Å². The van der Waals surface area contributed by atoms with Crippen LogP contribution in [0.1, 0.15) is 5.56 Å². The van der Waals surface area contributed by atoms with E-state index in [-0.39, 0.29) is 18.3 Å². The minimum atomic E-state index is 0. The first-order valence-corrected chi connectivity index (χ1v) is 5.75. The van der Waals surface area contributed by atoms with E-state index in [2.05, 4.69) is 5.32 Å². The molecule has 1 aliphatic heterocycles. The number of nitrogens with one attached hydrogen (secondary N) is 1. The summed E-state index contributed by atoms with van der Waals surface area (Å²) in [6.07, 6.45) is 0.449. The zero-order valence-electron chi connectivity index (χ0n) is 9.65. The van der Waals surface area contributed by atoms with Crippen LogP contribution in [0.3, 0.4) is 0 Å². The van der Waals surface area contributed by atoms with Crippen LogP contribution in [-0.4, -0.2) is 37.0 Å². The summed E-state index contributed by atoms with van der Waals surface area (Å²) in [5.41, 5.74) is 1.01. The molecule has 1 aromatic rings. The van der Waals surface area contributed by atoms with Gasteiger partial charge in [0.2, 0.25) is 5.91 Å². The van der Waals surface area contributed by atoms with E-state index in [0.29, 0.717) is 17.5 Å². The average molecular weight is 275 g/mol. The van der Waals surface area contributed by atoms with Crippen LogP contribution in [0.5, 0.6) is 0 Å². The van der Waals surface area contributed by atoms with Gasteiger partial charge in [-0.05, 0) is 17.7 Å². The molecule has 0 bridgehead atoms. The number of amides is 1. The third kappa shape index (κ3) is 3.60. The molecule has 1 saturated heterocycles. The van der Waals surface area contributed by atoms with Gasteiger partial charge in [0.05, 0.1) is 12.5 Å². The fraction of sp³-hybridized carbons (Fsp3) is 0.417. The number of likely N-dealkylation sites (N-methyl/N-ethyl adjacent to an activating group) is 1. The highest BCUT2D eigenvalue weighted by Gasteiger charge is 2.24. The van der Waals surface area contributed by atoms with Crippen LogP contribution in [0.25, 0.3) is 0 Å². The smallest absolute Gasteiger partial charge is 0.227 e. The predicted molar refractivity (Wildman–Crippen MR) is 71.8 cm³/mol. The number of hydrogen-bond acceptors (Lipinski definition) is 2. The Morgan fingerprint density at radius 2 is 2.00 bits per heavy atom. The molecule has 0 aliphatic carbocycles. The molecule has 0 spiro atoms. The Morgan fingerprint density at radius 3 is 2.47 bits per heavy atom. The van der Waals surface area contributed by atoms with Gasteiger partial charge in [-0.25, -0.2) is 0 Å². The van der Waals surface area contributed by atoms with Gasteiger partial charge in [0.25, 0.3) is 0 Å². The third-order valence-corrected chi connectivity index (χ3v) is 3.22. The topological polar surface area (TPSA) is 32.3 Å². The molecule has 0 aromatic heterocycles. The van der Waals surface area contributed by atoms with Crippen molar-refractivity contribution in [2.45, 2.75) is 12.5 Å². The second-order valence-corrected chi connectivity index (χ2v) is 4.56. The lowest BCUT2D eigenvalue weighted by Crippen LogP contribution is -2.57. The summed E-state index contributed by atoms with van der Waals surface area (Å²) in [7, 11) is 1.86. The van der Waals surface area contributed by atoms with E-state index in [9.17, 15) is 4.79 Å². The van der Waals surface area contributed by atoms with Gasteiger partial charge in [-0.3, -0.25) is 4.79 Å². The van der Waals surface area contributed by atoms with Crippen molar-refractivity contribution in [3.8, 4) is 0 Å². The molecule has 1 aromatic carbocycles. The molecular formula is C12H16Cl2N2O. The fourth-order valence-electron chi connectivity index (χ4n) is 1.65. The van der Waals surface area contributed by atoms with Crippen LogP contribution >= 0.6 is 24.0 Å². The molecule has 1 N–H and O–H groups in total. The first kappa shape index (κ1) is 14.3. The number of nitrogens with zero attached hydrogens (tertiary/aromatic N) is 1. The van der Waals surface area contributed by atoms with Crippen LogP contribution in [-0.2, 0) is 11.2 Å². The van der Waals surface area contributed by atoms with Crippen molar-refractivity contribution in [3.05, 3.63) is 34.9 Å². The van der Waals surface area contributed by atoms with E-state index >= 15 is 0 Å². The number of rotatable bonds is 3. The number of carbonyl (C=O) groups is 1. The van der Waals surface area contributed by atoms with Crippen molar-refractivity contribution in [2.24, 2.45) is 0 Å². The molecule has 0 atom stereocenters. The quantitative estimate of drug-likeness (QED) is 0.911. The summed E-state index contributed by atoms with van der Waals surface area (Å²) >= 11 is 5.79. The van der Waals surface area contributed by atoms with Crippen molar-refractivity contribution in [1.82, 2.24) is 10.2 Å². The Kier molecular flexibility index (Phi) is 5.25. The van der Waals surface area contributed by atoms with E-state index in [0.717, 1.165) is 18.7 Å². The normalized spacial score (nSPS) is 14.7. The number of benzene rings is 1. The first-order chi connectivity index (χ1) is 7.66. The highest BCUT2D eigenvalue weighted by Crippen LogP contribution is 2.11. The van der Waals surface area contributed by atoms with E-state index in [1.54, 1.807) is 0 Å². The monoisotopic (exact) mass is 274 g/mol. The van der Waals surface area contributed by atoms with Crippen molar-refractivity contribution >= 4 is 29.9 Å². The van der Waals surface area contributed by atoms with E-state index in [1.807, 2.05) is 36.2 Å². The highest BCUT2D eigenvalue weighted by molar-refractivity contribution is 6.30. The van der Waals surface area contributed by atoms with Gasteiger partial charge in [0, 0.05) is 25.2 Å². The van der Waals surface area contributed by atoms with Crippen LogP contribution in [0.4, 0.5) is 0 Å². The van der Waals surface area contributed by atoms with Crippen LogP contribution < -0.4 is 5.32 Å². The zero-order valence-corrected chi connectivity index (χ0v) is 11.2. The lowest BCUT2D eigenvalue weighted by atomic mass is 10.1. The number of carbonyl (C=O) groups excluding carboxylic acids is 1. The van der Waals surface area contributed by atoms with Gasteiger partial charge in [-0.1, -0.05) is 23.7 Å². The van der Waals surface area contributed by atoms with E-state index in [1.165, 1.54) is 0 Å². The van der Waals surface area contributed by atoms with Crippen molar-refractivity contribution in [1.29, 1.82) is 0 Å². The van der Waals surface area contributed by atoms with E-state index < -0.39 is 0 Å². The number of halogens is 2. The Balaban J connectivity index is 0.00000144. The van der Waals surface area contributed by atoms with Gasteiger partial charge >= 0.3 is 0 Å². The summed E-state index contributed by atoms with van der Waals surface area (Å²) in [4.78, 5) is 13.7. The van der Waals surface area contributed by atoms with Gasteiger partial charge < -0.3 is 10.2 Å². The second kappa shape index (κ2) is 6.24. The molecule has 94 valence electrons. The van der Waals surface area contributed by atoms with Crippen molar-refractivity contribution < 1.29 is 4.79 Å². The van der Waals surface area contributed by atoms with Crippen LogP contribution in [0.2, 0.25) is 5.02 Å². The summed E-state index contributed by atoms with van der Waals surface area (Å²) in [5, 5.41) is 3.86. The molecule has 0 saturated carbocycles.